The monoisotopic (exact) mass is 380 g/mol. The molecule has 5 nitrogen and oxygen atoms in total. The number of pyridine rings is 1. The van der Waals surface area contributed by atoms with E-state index in [1.807, 2.05) is 24.3 Å². The first kappa shape index (κ1) is 18.9. The molecule has 1 saturated carbocycles. The predicted molar refractivity (Wildman–Crippen MR) is 108 cm³/mol. The minimum Gasteiger partial charge on any atom is -0.449 e. The fourth-order valence-electron chi connectivity index (χ4n) is 4.55. The van der Waals surface area contributed by atoms with Gasteiger partial charge in [-0.3, -0.25) is 9.78 Å². The lowest BCUT2D eigenvalue weighted by Gasteiger charge is -2.30. The molecule has 1 heterocycles. The highest BCUT2D eigenvalue weighted by atomic mass is 16.5. The van der Waals surface area contributed by atoms with Crippen molar-refractivity contribution < 1.29 is 14.3 Å². The number of ether oxygens (including phenoxy) is 1. The van der Waals surface area contributed by atoms with E-state index in [9.17, 15) is 9.59 Å². The Hall–Kier alpha value is -2.43. The van der Waals surface area contributed by atoms with E-state index < -0.39 is 12.1 Å². The number of para-hydroxylation sites is 1. The minimum atomic E-state index is -0.814. The summed E-state index contributed by atoms with van der Waals surface area (Å²) >= 11 is 0. The summed E-state index contributed by atoms with van der Waals surface area (Å²) < 4.78 is 5.63. The van der Waals surface area contributed by atoms with Crippen molar-refractivity contribution in [3.8, 4) is 0 Å². The van der Waals surface area contributed by atoms with Crippen LogP contribution in [0.4, 0.5) is 0 Å². The normalized spacial score (nSPS) is 22.5. The van der Waals surface area contributed by atoms with Gasteiger partial charge in [0.1, 0.15) is 0 Å². The third-order valence-corrected chi connectivity index (χ3v) is 6.22. The van der Waals surface area contributed by atoms with Gasteiger partial charge in [-0.05, 0) is 56.6 Å². The van der Waals surface area contributed by atoms with E-state index in [-0.39, 0.29) is 11.9 Å². The Labute approximate surface area is 165 Å². The molecule has 1 aromatic heterocycles. The van der Waals surface area contributed by atoms with Gasteiger partial charge in [-0.1, -0.05) is 38.0 Å². The second kappa shape index (κ2) is 7.90. The van der Waals surface area contributed by atoms with Gasteiger partial charge in [0.05, 0.1) is 11.1 Å². The molecule has 2 aliphatic rings. The first-order valence-electron chi connectivity index (χ1n) is 10.5. The number of nitrogens with zero attached hydrogens (tertiary/aromatic N) is 1. The Balaban J connectivity index is 1.53. The fourth-order valence-corrected chi connectivity index (χ4v) is 4.55. The maximum absolute atomic E-state index is 13.1. The van der Waals surface area contributed by atoms with Gasteiger partial charge in [0, 0.05) is 17.1 Å². The van der Waals surface area contributed by atoms with Crippen LogP contribution in [0.5, 0.6) is 0 Å². The van der Waals surface area contributed by atoms with E-state index >= 15 is 0 Å². The highest BCUT2D eigenvalue weighted by Crippen LogP contribution is 2.31. The first-order valence-corrected chi connectivity index (χ1v) is 10.5. The topological polar surface area (TPSA) is 68.3 Å². The van der Waals surface area contributed by atoms with Crippen molar-refractivity contribution >= 4 is 22.8 Å². The first-order chi connectivity index (χ1) is 13.5. The molecule has 1 N–H and O–H groups in total. The van der Waals surface area contributed by atoms with Crippen molar-refractivity contribution in [2.75, 3.05) is 0 Å². The van der Waals surface area contributed by atoms with Crippen LogP contribution in [0.1, 0.15) is 67.6 Å². The lowest BCUT2D eigenvalue weighted by molar-refractivity contribution is -0.130. The number of aromatic nitrogens is 1. The van der Waals surface area contributed by atoms with Gasteiger partial charge < -0.3 is 10.1 Å². The molecule has 0 aliphatic heterocycles. The van der Waals surface area contributed by atoms with Crippen molar-refractivity contribution in [3.05, 3.63) is 41.1 Å². The van der Waals surface area contributed by atoms with E-state index in [1.54, 1.807) is 6.92 Å². The van der Waals surface area contributed by atoms with Gasteiger partial charge in [-0.15, -0.1) is 0 Å². The number of carbonyl (C=O) groups excluding carboxylic acids is 2. The molecule has 0 spiro atoms. The molecule has 0 bridgehead atoms. The van der Waals surface area contributed by atoms with E-state index in [0.717, 1.165) is 60.7 Å². The molecule has 28 heavy (non-hydrogen) atoms. The van der Waals surface area contributed by atoms with Crippen LogP contribution >= 0.6 is 0 Å². The molecule has 2 aliphatic carbocycles. The quantitative estimate of drug-likeness (QED) is 0.815. The number of esters is 1. The van der Waals surface area contributed by atoms with Crippen LogP contribution in [-0.4, -0.2) is 29.0 Å². The number of hydrogen-bond donors (Lipinski definition) is 1. The molecular formula is C23H28N2O3. The average molecular weight is 380 g/mol. The molecule has 0 radical (unpaired) electrons. The molecule has 4 rings (SSSR count). The number of amides is 1. The number of nitrogens with one attached hydrogen (secondary N) is 1. The van der Waals surface area contributed by atoms with Crippen LogP contribution in [-0.2, 0) is 22.4 Å². The van der Waals surface area contributed by atoms with Crippen molar-refractivity contribution in [1.82, 2.24) is 10.3 Å². The van der Waals surface area contributed by atoms with Crippen molar-refractivity contribution in [2.24, 2.45) is 5.92 Å². The van der Waals surface area contributed by atoms with E-state index in [1.165, 1.54) is 6.42 Å². The van der Waals surface area contributed by atoms with Gasteiger partial charge in [-0.25, -0.2) is 4.79 Å². The molecule has 2 aromatic rings. The zero-order chi connectivity index (χ0) is 19.7. The maximum Gasteiger partial charge on any atom is 0.339 e. The Bertz CT molecular complexity index is 908. The summed E-state index contributed by atoms with van der Waals surface area (Å²) in [6.07, 6.45) is 6.38. The summed E-state index contributed by atoms with van der Waals surface area (Å²) in [7, 11) is 0. The number of aryl methyl sites for hydroxylation is 1. The molecule has 3 atom stereocenters. The maximum atomic E-state index is 13.1. The number of benzene rings is 1. The molecule has 0 saturated heterocycles. The van der Waals surface area contributed by atoms with Crippen molar-refractivity contribution in [2.45, 2.75) is 70.9 Å². The summed E-state index contributed by atoms with van der Waals surface area (Å²) in [4.78, 5) is 30.4. The Morgan fingerprint density at radius 1 is 1.14 bits per heavy atom. The molecular weight excluding hydrogens is 352 g/mol. The van der Waals surface area contributed by atoms with Crippen LogP contribution in [0, 0.1) is 5.92 Å². The summed E-state index contributed by atoms with van der Waals surface area (Å²) in [5.41, 5.74) is 3.36. The largest absolute Gasteiger partial charge is 0.449 e. The molecule has 148 valence electrons. The van der Waals surface area contributed by atoms with Crippen LogP contribution in [0.15, 0.2) is 24.3 Å². The van der Waals surface area contributed by atoms with Gasteiger partial charge in [0.2, 0.25) is 0 Å². The van der Waals surface area contributed by atoms with Crippen LogP contribution < -0.4 is 5.32 Å². The third-order valence-electron chi connectivity index (χ3n) is 6.22. The lowest BCUT2D eigenvalue weighted by atomic mass is 9.86. The lowest BCUT2D eigenvalue weighted by Crippen LogP contribution is -2.46. The van der Waals surface area contributed by atoms with Gasteiger partial charge in [0.25, 0.3) is 5.91 Å². The van der Waals surface area contributed by atoms with Crippen molar-refractivity contribution in [1.29, 1.82) is 0 Å². The summed E-state index contributed by atoms with van der Waals surface area (Å²) in [6.45, 7) is 3.83. The van der Waals surface area contributed by atoms with Gasteiger partial charge in [-0.2, -0.15) is 0 Å². The van der Waals surface area contributed by atoms with Crippen LogP contribution in [0.2, 0.25) is 0 Å². The number of rotatable bonds is 4. The number of carbonyl (C=O) groups is 2. The Morgan fingerprint density at radius 3 is 2.75 bits per heavy atom. The SMILES string of the molecule is C[C@@H](OC(=O)c1c2c(nc3ccccc13)CCC2)C(=O)N[C@H]1CCCC[C@@H]1C. The number of hydrogen-bond acceptors (Lipinski definition) is 4. The van der Waals surface area contributed by atoms with E-state index in [4.69, 9.17) is 9.72 Å². The minimum absolute atomic E-state index is 0.174. The van der Waals surface area contributed by atoms with Crippen molar-refractivity contribution in [3.63, 3.8) is 0 Å². The van der Waals surface area contributed by atoms with Crippen LogP contribution in [0.25, 0.3) is 10.9 Å². The Morgan fingerprint density at radius 2 is 1.93 bits per heavy atom. The molecule has 1 aromatic carbocycles. The molecule has 1 fully saturated rings. The zero-order valence-corrected chi connectivity index (χ0v) is 16.7. The molecule has 5 heteroatoms. The zero-order valence-electron chi connectivity index (χ0n) is 16.7. The number of fused-ring (bicyclic) bond motifs is 2. The summed E-state index contributed by atoms with van der Waals surface area (Å²) in [5, 5.41) is 3.89. The van der Waals surface area contributed by atoms with Gasteiger partial charge in [0.15, 0.2) is 6.10 Å². The molecule has 0 unspecified atom stereocenters. The second-order valence-electron chi connectivity index (χ2n) is 8.21. The average Bonchev–Trinajstić information content (AvgIpc) is 3.15. The third kappa shape index (κ3) is 3.62. The highest BCUT2D eigenvalue weighted by molar-refractivity contribution is 6.06. The van der Waals surface area contributed by atoms with Crippen LogP contribution in [0.3, 0.4) is 0 Å². The van der Waals surface area contributed by atoms with Gasteiger partial charge >= 0.3 is 5.97 Å². The summed E-state index contributed by atoms with van der Waals surface area (Å²) in [6, 6.07) is 7.83. The summed E-state index contributed by atoms with van der Waals surface area (Å²) in [5.74, 6) is -0.161. The standard InChI is InChI=1S/C23H28N2O3/c1-14-8-3-5-11-18(14)25-22(26)15(2)28-23(27)21-16-9-4-6-12-19(16)24-20-13-7-10-17(20)21/h4,6,9,12,14-15,18H,3,5,7-8,10-11,13H2,1-2H3,(H,25,26)/t14-,15+,18-/m0/s1. The molecule has 1 amide bonds. The predicted octanol–water partition coefficient (Wildman–Crippen LogP) is 3.96. The smallest absolute Gasteiger partial charge is 0.339 e. The van der Waals surface area contributed by atoms with E-state index in [0.29, 0.717) is 11.5 Å². The highest BCUT2D eigenvalue weighted by Gasteiger charge is 2.29. The Kier molecular flexibility index (Phi) is 5.33. The fraction of sp³-hybridized carbons (Fsp3) is 0.522. The van der Waals surface area contributed by atoms with E-state index in [2.05, 4.69) is 12.2 Å². The second-order valence-corrected chi connectivity index (χ2v) is 8.21.